The number of likely N-dealkylation sites (N-methyl/N-ethyl adjacent to an activating group) is 2. The van der Waals surface area contributed by atoms with Crippen LogP contribution in [0, 0.1) is 0 Å². The van der Waals surface area contributed by atoms with Crippen LogP contribution in [0.25, 0.3) is 0 Å². The predicted octanol–water partition coefficient (Wildman–Crippen LogP) is 3.54. The number of hydrogen-bond donors (Lipinski definition) is 0. The van der Waals surface area contributed by atoms with Crippen LogP contribution >= 0.6 is 15.9 Å². The maximum Gasteiger partial charge on any atom is 0.242 e. The molecule has 0 spiro atoms. The molecule has 0 unspecified atom stereocenters. The molecule has 0 saturated carbocycles. The molecular formula is C17H19BrN2O. The highest BCUT2D eigenvalue weighted by Gasteiger charge is 2.13. The van der Waals surface area contributed by atoms with Crippen molar-refractivity contribution in [1.82, 2.24) is 4.90 Å². The summed E-state index contributed by atoms with van der Waals surface area (Å²) in [6, 6.07) is 17.9. The summed E-state index contributed by atoms with van der Waals surface area (Å²) in [6.07, 6.45) is 0. The SMILES string of the molecule is CN(Cc1ccccc1Br)C(=O)CN(C)c1ccccc1. The van der Waals surface area contributed by atoms with Gasteiger partial charge in [-0.2, -0.15) is 0 Å². The molecule has 0 fully saturated rings. The molecule has 21 heavy (non-hydrogen) atoms. The van der Waals surface area contributed by atoms with E-state index in [4.69, 9.17) is 0 Å². The van der Waals surface area contributed by atoms with E-state index in [9.17, 15) is 4.79 Å². The van der Waals surface area contributed by atoms with Gasteiger partial charge in [0.05, 0.1) is 6.54 Å². The van der Waals surface area contributed by atoms with Crippen molar-refractivity contribution in [2.75, 3.05) is 25.5 Å². The first-order valence-electron chi connectivity index (χ1n) is 6.81. The van der Waals surface area contributed by atoms with Crippen molar-refractivity contribution in [3.05, 3.63) is 64.6 Å². The molecule has 110 valence electrons. The Hall–Kier alpha value is -1.81. The van der Waals surface area contributed by atoms with E-state index >= 15 is 0 Å². The topological polar surface area (TPSA) is 23.6 Å². The lowest BCUT2D eigenvalue weighted by Gasteiger charge is -2.23. The monoisotopic (exact) mass is 346 g/mol. The quantitative estimate of drug-likeness (QED) is 0.826. The Bertz CT molecular complexity index is 601. The highest BCUT2D eigenvalue weighted by atomic mass is 79.9. The van der Waals surface area contributed by atoms with Crippen molar-refractivity contribution in [3.63, 3.8) is 0 Å². The Labute approximate surface area is 134 Å². The number of rotatable bonds is 5. The Kier molecular flexibility index (Phi) is 5.39. The minimum Gasteiger partial charge on any atom is -0.365 e. The van der Waals surface area contributed by atoms with Gasteiger partial charge in [-0.05, 0) is 23.8 Å². The number of anilines is 1. The van der Waals surface area contributed by atoms with Gasteiger partial charge in [0.25, 0.3) is 0 Å². The smallest absolute Gasteiger partial charge is 0.242 e. The van der Waals surface area contributed by atoms with Gasteiger partial charge in [0.1, 0.15) is 0 Å². The van der Waals surface area contributed by atoms with E-state index in [1.54, 1.807) is 4.90 Å². The molecule has 0 saturated heterocycles. The third kappa shape index (κ3) is 4.33. The number of nitrogens with zero attached hydrogens (tertiary/aromatic N) is 2. The Balaban J connectivity index is 1.95. The molecule has 4 heteroatoms. The molecule has 0 atom stereocenters. The lowest BCUT2D eigenvalue weighted by molar-refractivity contribution is -0.128. The number of amides is 1. The summed E-state index contributed by atoms with van der Waals surface area (Å²) in [5.41, 5.74) is 2.15. The van der Waals surface area contributed by atoms with E-state index in [1.807, 2.05) is 73.6 Å². The van der Waals surface area contributed by atoms with Crippen molar-refractivity contribution in [2.24, 2.45) is 0 Å². The molecule has 2 rings (SSSR count). The fraction of sp³-hybridized carbons (Fsp3) is 0.235. The second-order valence-corrected chi connectivity index (χ2v) is 5.89. The van der Waals surface area contributed by atoms with Crippen LogP contribution in [0.1, 0.15) is 5.56 Å². The van der Waals surface area contributed by atoms with E-state index in [2.05, 4.69) is 15.9 Å². The first kappa shape index (κ1) is 15.6. The molecule has 0 aliphatic rings. The zero-order chi connectivity index (χ0) is 15.2. The number of carbonyl (C=O) groups is 1. The van der Waals surface area contributed by atoms with Crippen molar-refractivity contribution in [1.29, 1.82) is 0 Å². The standard InChI is InChI=1S/C17H19BrN2O/c1-19(15-9-4-3-5-10-15)13-17(21)20(2)12-14-8-6-7-11-16(14)18/h3-11H,12-13H2,1-2H3. The summed E-state index contributed by atoms with van der Waals surface area (Å²) in [7, 11) is 3.76. The summed E-state index contributed by atoms with van der Waals surface area (Å²) in [4.78, 5) is 16.0. The maximum absolute atomic E-state index is 12.3. The normalized spacial score (nSPS) is 10.2. The zero-order valence-corrected chi connectivity index (χ0v) is 13.9. The first-order chi connectivity index (χ1) is 10.1. The zero-order valence-electron chi connectivity index (χ0n) is 12.3. The van der Waals surface area contributed by atoms with Crippen LogP contribution in [0.15, 0.2) is 59.1 Å². The van der Waals surface area contributed by atoms with Crippen molar-refractivity contribution < 1.29 is 4.79 Å². The number of halogens is 1. The van der Waals surface area contributed by atoms with Crippen LogP contribution in [0.4, 0.5) is 5.69 Å². The van der Waals surface area contributed by atoms with E-state index in [-0.39, 0.29) is 5.91 Å². The molecule has 0 heterocycles. The third-order valence-electron chi connectivity index (χ3n) is 3.36. The number of para-hydroxylation sites is 1. The summed E-state index contributed by atoms with van der Waals surface area (Å²) in [5, 5.41) is 0. The van der Waals surface area contributed by atoms with Crippen LogP contribution in [-0.4, -0.2) is 31.4 Å². The van der Waals surface area contributed by atoms with Crippen LogP contribution in [0.2, 0.25) is 0 Å². The minimum absolute atomic E-state index is 0.0945. The molecule has 2 aromatic carbocycles. The van der Waals surface area contributed by atoms with Crippen LogP contribution in [0.3, 0.4) is 0 Å². The fourth-order valence-corrected chi connectivity index (χ4v) is 2.48. The van der Waals surface area contributed by atoms with Gasteiger partial charge >= 0.3 is 0 Å². The number of carbonyl (C=O) groups excluding carboxylic acids is 1. The van der Waals surface area contributed by atoms with Crippen molar-refractivity contribution >= 4 is 27.5 Å². The third-order valence-corrected chi connectivity index (χ3v) is 4.13. The molecule has 0 bridgehead atoms. The molecule has 0 aromatic heterocycles. The van der Waals surface area contributed by atoms with Crippen LogP contribution < -0.4 is 4.90 Å². The van der Waals surface area contributed by atoms with Crippen molar-refractivity contribution in [2.45, 2.75) is 6.54 Å². The molecule has 0 radical (unpaired) electrons. The second-order valence-electron chi connectivity index (χ2n) is 5.03. The van der Waals surface area contributed by atoms with Crippen molar-refractivity contribution in [3.8, 4) is 0 Å². The average molecular weight is 347 g/mol. The van der Waals surface area contributed by atoms with Gasteiger partial charge in [-0.25, -0.2) is 0 Å². The van der Waals surface area contributed by atoms with Gasteiger partial charge in [0.15, 0.2) is 0 Å². The van der Waals surface area contributed by atoms with E-state index in [0.717, 1.165) is 15.7 Å². The largest absolute Gasteiger partial charge is 0.365 e. The summed E-state index contributed by atoms with van der Waals surface area (Å²) in [6.45, 7) is 0.966. The molecule has 0 aliphatic carbocycles. The Morgan fingerprint density at radius 2 is 1.62 bits per heavy atom. The first-order valence-corrected chi connectivity index (χ1v) is 7.61. The van der Waals surface area contributed by atoms with Crippen LogP contribution in [0.5, 0.6) is 0 Å². The van der Waals surface area contributed by atoms with Crippen LogP contribution in [-0.2, 0) is 11.3 Å². The molecular weight excluding hydrogens is 328 g/mol. The highest BCUT2D eigenvalue weighted by molar-refractivity contribution is 9.10. The predicted molar refractivity (Wildman–Crippen MR) is 90.3 cm³/mol. The van der Waals surface area contributed by atoms with E-state index in [1.165, 1.54) is 0 Å². The molecule has 0 aliphatic heterocycles. The van der Waals surface area contributed by atoms with Gasteiger partial charge in [0, 0.05) is 30.8 Å². The highest BCUT2D eigenvalue weighted by Crippen LogP contribution is 2.17. The molecule has 3 nitrogen and oxygen atoms in total. The lowest BCUT2D eigenvalue weighted by Crippen LogP contribution is -2.36. The van der Waals surface area contributed by atoms with E-state index in [0.29, 0.717) is 13.1 Å². The van der Waals surface area contributed by atoms with Gasteiger partial charge in [-0.15, -0.1) is 0 Å². The number of benzene rings is 2. The Morgan fingerprint density at radius 3 is 2.29 bits per heavy atom. The lowest BCUT2D eigenvalue weighted by atomic mass is 10.2. The maximum atomic E-state index is 12.3. The summed E-state index contributed by atoms with van der Waals surface area (Å²) >= 11 is 3.51. The van der Waals surface area contributed by atoms with Gasteiger partial charge in [-0.3, -0.25) is 4.79 Å². The summed E-state index contributed by atoms with van der Waals surface area (Å²) in [5.74, 6) is 0.0945. The molecule has 2 aromatic rings. The average Bonchev–Trinajstić information content (AvgIpc) is 2.50. The fourth-order valence-electron chi connectivity index (χ4n) is 2.07. The minimum atomic E-state index is 0.0945. The van der Waals surface area contributed by atoms with Gasteiger partial charge < -0.3 is 9.80 Å². The summed E-state index contributed by atoms with van der Waals surface area (Å²) < 4.78 is 1.03. The Morgan fingerprint density at radius 1 is 1.00 bits per heavy atom. The molecule has 0 N–H and O–H groups in total. The molecule has 1 amide bonds. The van der Waals surface area contributed by atoms with E-state index < -0.39 is 0 Å². The van der Waals surface area contributed by atoms with Gasteiger partial charge in [0.2, 0.25) is 5.91 Å². The number of hydrogen-bond acceptors (Lipinski definition) is 2. The van der Waals surface area contributed by atoms with Gasteiger partial charge in [-0.1, -0.05) is 52.3 Å². The second kappa shape index (κ2) is 7.27.